The molecule has 0 spiro atoms. The van der Waals surface area contributed by atoms with E-state index in [1.165, 1.54) is 12.8 Å². The van der Waals surface area contributed by atoms with Crippen molar-refractivity contribution in [2.45, 2.75) is 71.8 Å². The molecule has 9 atom stereocenters. The Bertz CT molecular complexity index is 652. The van der Waals surface area contributed by atoms with E-state index in [1.54, 1.807) is 0 Å². The van der Waals surface area contributed by atoms with Gasteiger partial charge in [-0.1, -0.05) is 45.1 Å². The monoisotopic (exact) mass is 372 g/mol. The number of rotatable bonds is 4. The molecule has 4 rings (SSSR count). The molecule has 0 aromatic heterocycles. The highest BCUT2D eigenvalue weighted by Crippen LogP contribution is 2.64. The Hall–Kier alpha value is -1.09. The Morgan fingerprint density at radius 1 is 1.19 bits per heavy atom. The number of aliphatic carboxylic acids is 1. The molecule has 4 aliphatic rings. The molecule has 3 nitrogen and oxygen atoms in total. The summed E-state index contributed by atoms with van der Waals surface area (Å²) in [6.45, 7) is 7.16. The van der Waals surface area contributed by atoms with Crippen LogP contribution in [-0.4, -0.2) is 22.3 Å². The number of aliphatic hydroxyl groups is 1. The van der Waals surface area contributed by atoms with E-state index in [-0.39, 0.29) is 23.4 Å². The molecule has 0 radical (unpaired) electrons. The van der Waals surface area contributed by atoms with Gasteiger partial charge in [0.15, 0.2) is 0 Å². The quantitative estimate of drug-likeness (QED) is 0.678. The molecule has 0 aliphatic heterocycles. The molecule has 0 saturated heterocycles. The van der Waals surface area contributed by atoms with Crippen LogP contribution in [0.5, 0.6) is 0 Å². The average molecular weight is 373 g/mol. The van der Waals surface area contributed by atoms with Gasteiger partial charge in [-0.3, -0.25) is 4.79 Å². The molecular weight excluding hydrogens is 336 g/mol. The largest absolute Gasteiger partial charge is 0.481 e. The lowest BCUT2D eigenvalue weighted by atomic mass is 9.48. The number of carboxylic acid groups (broad SMARTS) is 1. The predicted octanol–water partition coefficient (Wildman–Crippen LogP) is 5.06. The first-order valence-corrected chi connectivity index (χ1v) is 11.0. The fourth-order valence-corrected chi connectivity index (χ4v) is 7.48. The highest BCUT2D eigenvalue weighted by atomic mass is 16.4. The van der Waals surface area contributed by atoms with Crippen LogP contribution in [0.15, 0.2) is 24.3 Å². The number of carboxylic acids is 1. The normalized spacial score (nSPS) is 49.2. The van der Waals surface area contributed by atoms with E-state index < -0.39 is 5.97 Å². The van der Waals surface area contributed by atoms with E-state index >= 15 is 0 Å². The molecule has 150 valence electrons. The van der Waals surface area contributed by atoms with Crippen LogP contribution in [0, 0.1) is 46.3 Å². The van der Waals surface area contributed by atoms with Gasteiger partial charge in [-0.2, -0.15) is 0 Å². The highest BCUT2D eigenvalue weighted by molar-refractivity contribution is 5.66. The van der Waals surface area contributed by atoms with Crippen LogP contribution in [0.2, 0.25) is 0 Å². The molecule has 0 aromatic rings. The summed E-state index contributed by atoms with van der Waals surface area (Å²) in [7, 11) is 0. The van der Waals surface area contributed by atoms with E-state index in [2.05, 4.69) is 45.1 Å². The maximum absolute atomic E-state index is 11.0. The summed E-state index contributed by atoms with van der Waals surface area (Å²) in [6.07, 6.45) is 16.4. The molecule has 0 bridgehead atoms. The topological polar surface area (TPSA) is 57.5 Å². The fourth-order valence-electron chi connectivity index (χ4n) is 7.48. The first kappa shape index (κ1) is 19.2. The Morgan fingerprint density at radius 2 is 1.96 bits per heavy atom. The Kier molecular flexibility index (Phi) is 4.81. The Labute approximate surface area is 163 Å². The number of fused-ring (bicyclic) bond motifs is 5. The van der Waals surface area contributed by atoms with Crippen molar-refractivity contribution in [1.82, 2.24) is 0 Å². The lowest BCUT2D eigenvalue weighted by molar-refractivity contribution is -0.137. The lowest BCUT2D eigenvalue weighted by Crippen LogP contribution is -2.50. The van der Waals surface area contributed by atoms with Crippen molar-refractivity contribution in [3.05, 3.63) is 24.3 Å². The SMILES string of the molecule is CC(CCC(=O)O)C1CCC2C3C=CC4CC(O)CCC4(C)C3C=CC12C. The molecule has 0 heterocycles. The molecule has 0 aromatic carbocycles. The maximum Gasteiger partial charge on any atom is 0.303 e. The fraction of sp³-hybridized carbons (Fsp3) is 0.792. The van der Waals surface area contributed by atoms with Crippen LogP contribution in [0.25, 0.3) is 0 Å². The van der Waals surface area contributed by atoms with Gasteiger partial charge in [-0.15, -0.1) is 0 Å². The number of carbonyl (C=O) groups is 1. The van der Waals surface area contributed by atoms with Crippen molar-refractivity contribution in [2.24, 2.45) is 46.3 Å². The smallest absolute Gasteiger partial charge is 0.303 e. The van der Waals surface area contributed by atoms with Crippen LogP contribution >= 0.6 is 0 Å². The zero-order valence-corrected chi connectivity index (χ0v) is 17.1. The first-order chi connectivity index (χ1) is 12.8. The molecule has 0 amide bonds. The second-order valence-electron chi connectivity index (χ2n) is 10.5. The van der Waals surface area contributed by atoms with Crippen LogP contribution in [-0.2, 0) is 4.79 Å². The molecule has 2 saturated carbocycles. The van der Waals surface area contributed by atoms with Gasteiger partial charge in [-0.05, 0) is 84.9 Å². The summed E-state index contributed by atoms with van der Waals surface area (Å²) < 4.78 is 0. The predicted molar refractivity (Wildman–Crippen MR) is 107 cm³/mol. The highest BCUT2D eigenvalue weighted by Gasteiger charge is 2.57. The second-order valence-corrected chi connectivity index (χ2v) is 10.5. The van der Waals surface area contributed by atoms with E-state index in [0.717, 1.165) is 25.7 Å². The maximum atomic E-state index is 11.0. The molecule has 4 aliphatic carbocycles. The lowest BCUT2D eigenvalue weighted by Gasteiger charge is -2.56. The van der Waals surface area contributed by atoms with E-state index in [1.807, 2.05) is 0 Å². The molecule has 2 N–H and O–H groups in total. The summed E-state index contributed by atoms with van der Waals surface area (Å²) in [5.74, 6) is 2.74. The van der Waals surface area contributed by atoms with Gasteiger partial charge in [0.2, 0.25) is 0 Å². The van der Waals surface area contributed by atoms with Crippen molar-refractivity contribution in [1.29, 1.82) is 0 Å². The minimum atomic E-state index is -0.672. The van der Waals surface area contributed by atoms with Crippen LogP contribution in [0.3, 0.4) is 0 Å². The summed E-state index contributed by atoms with van der Waals surface area (Å²) in [5.41, 5.74) is 0.476. The van der Waals surface area contributed by atoms with E-state index in [4.69, 9.17) is 5.11 Å². The third kappa shape index (κ3) is 3.01. The zero-order valence-electron chi connectivity index (χ0n) is 17.1. The van der Waals surface area contributed by atoms with Gasteiger partial charge in [-0.25, -0.2) is 0 Å². The molecular formula is C24H36O3. The van der Waals surface area contributed by atoms with Crippen LogP contribution in [0.1, 0.15) is 65.7 Å². The van der Waals surface area contributed by atoms with Gasteiger partial charge >= 0.3 is 5.97 Å². The van der Waals surface area contributed by atoms with Gasteiger partial charge < -0.3 is 10.2 Å². The van der Waals surface area contributed by atoms with Gasteiger partial charge in [0.25, 0.3) is 0 Å². The summed E-state index contributed by atoms with van der Waals surface area (Å²) in [4.78, 5) is 11.0. The standard InChI is InChI=1S/C24H36O3/c1-15(4-9-22(26)27)19-7-8-20-18-6-5-16-14-17(25)10-12-23(16,2)21(18)11-13-24(19,20)3/h5-6,11,13,15-21,25H,4,7-10,12,14H2,1-3H3,(H,26,27). The van der Waals surface area contributed by atoms with E-state index in [0.29, 0.717) is 35.5 Å². The molecule has 9 unspecified atom stereocenters. The van der Waals surface area contributed by atoms with Crippen molar-refractivity contribution in [3.8, 4) is 0 Å². The zero-order chi connectivity index (χ0) is 19.4. The number of allylic oxidation sites excluding steroid dienone is 4. The second kappa shape index (κ2) is 6.76. The minimum Gasteiger partial charge on any atom is -0.481 e. The van der Waals surface area contributed by atoms with E-state index in [9.17, 15) is 9.90 Å². The number of hydrogen-bond acceptors (Lipinski definition) is 2. The van der Waals surface area contributed by atoms with Gasteiger partial charge in [0.1, 0.15) is 0 Å². The molecule has 3 heteroatoms. The first-order valence-electron chi connectivity index (χ1n) is 11.0. The third-order valence-electron chi connectivity index (χ3n) is 9.15. The summed E-state index contributed by atoms with van der Waals surface area (Å²) in [5, 5.41) is 19.2. The molecule has 27 heavy (non-hydrogen) atoms. The number of hydrogen-bond donors (Lipinski definition) is 2. The molecule has 2 fully saturated rings. The average Bonchev–Trinajstić information content (AvgIpc) is 2.97. The summed E-state index contributed by atoms with van der Waals surface area (Å²) in [6, 6.07) is 0. The van der Waals surface area contributed by atoms with Crippen LogP contribution in [0.4, 0.5) is 0 Å². The Balaban J connectivity index is 1.59. The van der Waals surface area contributed by atoms with Gasteiger partial charge in [0, 0.05) is 6.42 Å². The number of aliphatic hydroxyl groups excluding tert-OH is 1. The van der Waals surface area contributed by atoms with Crippen molar-refractivity contribution in [3.63, 3.8) is 0 Å². The van der Waals surface area contributed by atoms with Crippen LogP contribution < -0.4 is 0 Å². The van der Waals surface area contributed by atoms with Crippen molar-refractivity contribution >= 4 is 5.97 Å². The summed E-state index contributed by atoms with van der Waals surface area (Å²) >= 11 is 0. The third-order valence-corrected chi connectivity index (χ3v) is 9.15. The minimum absolute atomic E-state index is 0.131. The van der Waals surface area contributed by atoms with Crippen molar-refractivity contribution < 1.29 is 15.0 Å². The Morgan fingerprint density at radius 3 is 2.70 bits per heavy atom. The van der Waals surface area contributed by atoms with Crippen molar-refractivity contribution in [2.75, 3.05) is 0 Å². The van der Waals surface area contributed by atoms with Gasteiger partial charge in [0.05, 0.1) is 6.10 Å².